The van der Waals surface area contributed by atoms with Crippen molar-refractivity contribution in [2.45, 2.75) is 77.7 Å². The Morgan fingerprint density at radius 2 is 1.98 bits per heavy atom. The molecule has 2 atom stereocenters. The third kappa shape index (κ3) is 7.30. The highest BCUT2D eigenvalue weighted by molar-refractivity contribution is 5.49. The van der Waals surface area contributed by atoms with Gasteiger partial charge >= 0.3 is 6.18 Å². The summed E-state index contributed by atoms with van der Waals surface area (Å²) in [6, 6.07) is 9.34. The maximum Gasteiger partial charge on any atom is 0.418 e. The van der Waals surface area contributed by atoms with Gasteiger partial charge in [-0.2, -0.15) is 18.3 Å². The molecule has 0 spiro atoms. The summed E-state index contributed by atoms with van der Waals surface area (Å²) in [5.74, 6) is 1.22. The number of ether oxygens (including phenoxy) is 1. The quantitative estimate of drug-likeness (QED) is 0.269. The largest absolute Gasteiger partial charge is 0.418 e. The van der Waals surface area contributed by atoms with E-state index >= 15 is 0 Å². The van der Waals surface area contributed by atoms with Crippen LogP contribution in [0.3, 0.4) is 0 Å². The Balaban J connectivity index is 1.33. The van der Waals surface area contributed by atoms with Crippen LogP contribution in [0.2, 0.25) is 0 Å². The number of rotatable bonds is 11. The van der Waals surface area contributed by atoms with Gasteiger partial charge in [0.25, 0.3) is 0 Å². The van der Waals surface area contributed by atoms with Crippen LogP contribution in [0.25, 0.3) is 0 Å². The fourth-order valence-corrected chi connectivity index (χ4v) is 6.29. The fraction of sp³-hybridized carbons (Fsp3) is 0.562. The first kappa shape index (κ1) is 29.6. The number of pyridine rings is 1. The van der Waals surface area contributed by atoms with Crippen LogP contribution in [0.5, 0.6) is 0 Å². The van der Waals surface area contributed by atoms with Gasteiger partial charge in [0.05, 0.1) is 36.6 Å². The number of nitrogens with zero attached hydrogens (tertiary/aromatic N) is 4. The van der Waals surface area contributed by atoms with Gasteiger partial charge in [0.15, 0.2) is 0 Å². The van der Waals surface area contributed by atoms with Crippen LogP contribution in [-0.2, 0) is 30.5 Å². The third-order valence-electron chi connectivity index (χ3n) is 8.61. The van der Waals surface area contributed by atoms with Crippen molar-refractivity contribution in [3.63, 3.8) is 0 Å². The normalized spacial score (nSPS) is 19.2. The molecule has 1 unspecified atom stereocenters. The SMILES string of the molecule is COCCn1cc(C)c(C(c2cccc(NCc3ncc(CN4CCC[C@H](C)C4)cc3C(F)(F)F)c2)C2CCC2)n1. The molecule has 222 valence electrons. The zero-order valence-electron chi connectivity index (χ0n) is 24.4. The van der Waals surface area contributed by atoms with Crippen LogP contribution in [0.1, 0.15) is 78.6 Å². The number of hydrogen-bond donors (Lipinski definition) is 1. The summed E-state index contributed by atoms with van der Waals surface area (Å²) in [6.45, 7) is 7.91. The molecule has 1 aliphatic carbocycles. The van der Waals surface area contributed by atoms with E-state index in [1.807, 2.05) is 16.8 Å². The predicted octanol–water partition coefficient (Wildman–Crippen LogP) is 7.03. The van der Waals surface area contributed by atoms with Gasteiger partial charge in [0.1, 0.15) is 0 Å². The molecule has 2 fully saturated rings. The summed E-state index contributed by atoms with van der Waals surface area (Å²) in [6.07, 6.45) is 4.97. The van der Waals surface area contributed by atoms with Crippen LogP contribution in [0.4, 0.5) is 18.9 Å². The minimum absolute atomic E-state index is 0.00189. The molecule has 41 heavy (non-hydrogen) atoms. The number of likely N-dealkylation sites (tertiary alicyclic amines) is 1. The van der Waals surface area contributed by atoms with Crippen molar-refractivity contribution >= 4 is 5.69 Å². The summed E-state index contributed by atoms with van der Waals surface area (Å²) < 4.78 is 49.5. The number of piperidine rings is 1. The van der Waals surface area contributed by atoms with E-state index in [0.29, 0.717) is 37.1 Å². The zero-order valence-corrected chi connectivity index (χ0v) is 24.4. The number of benzene rings is 1. The lowest BCUT2D eigenvalue weighted by Crippen LogP contribution is -2.33. The number of anilines is 1. The van der Waals surface area contributed by atoms with Gasteiger partial charge in [0.2, 0.25) is 0 Å². The molecule has 9 heteroatoms. The lowest BCUT2D eigenvalue weighted by atomic mass is 9.71. The van der Waals surface area contributed by atoms with E-state index in [1.165, 1.54) is 18.9 Å². The molecule has 0 amide bonds. The second-order valence-corrected chi connectivity index (χ2v) is 11.9. The van der Waals surface area contributed by atoms with E-state index in [4.69, 9.17) is 9.84 Å². The molecule has 5 rings (SSSR count). The Kier molecular flexibility index (Phi) is 9.34. The van der Waals surface area contributed by atoms with Gasteiger partial charge in [-0.3, -0.25) is 14.6 Å². The average molecular weight is 570 g/mol. The highest BCUT2D eigenvalue weighted by atomic mass is 19.4. The molecule has 3 aromatic rings. The van der Waals surface area contributed by atoms with Crippen LogP contribution in [0, 0.1) is 18.8 Å². The van der Waals surface area contributed by atoms with Gasteiger partial charge in [-0.25, -0.2) is 0 Å². The highest BCUT2D eigenvalue weighted by Gasteiger charge is 2.35. The molecule has 3 heterocycles. The fourth-order valence-electron chi connectivity index (χ4n) is 6.29. The Bertz CT molecular complexity index is 1300. The zero-order chi connectivity index (χ0) is 29.0. The van der Waals surface area contributed by atoms with Crippen molar-refractivity contribution in [1.82, 2.24) is 19.7 Å². The summed E-state index contributed by atoms with van der Waals surface area (Å²) >= 11 is 0. The summed E-state index contributed by atoms with van der Waals surface area (Å²) in [4.78, 5) is 6.54. The van der Waals surface area contributed by atoms with E-state index < -0.39 is 11.7 Å². The first-order valence-electron chi connectivity index (χ1n) is 14.9. The average Bonchev–Trinajstić information content (AvgIpc) is 3.28. The molecule has 0 bridgehead atoms. The van der Waals surface area contributed by atoms with E-state index in [0.717, 1.165) is 54.9 Å². The second-order valence-electron chi connectivity index (χ2n) is 11.9. The first-order chi connectivity index (χ1) is 19.7. The molecule has 1 aliphatic heterocycles. The van der Waals surface area contributed by atoms with E-state index in [-0.39, 0.29) is 18.2 Å². The predicted molar refractivity (Wildman–Crippen MR) is 155 cm³/mol. The molecule has 1 N–H and O–H groups in total. The first-order valence-corrected chi connectivity index (χ1v) is 14.9. The molecular formula is C32H42F3N5O. The maximum atomic E-state index is 14.1. The minimum atomic E-state index is -4.47. The molecule has 1 aromatic carbocycles. The summed E-state index contributed by atoms with van der Waals surface area (Å²) in [5, 5.41) is 8.16. The van der Waals surface area contributed by atoms with Crippen molar-refractivity contribution in [2.75, 3.05) is 32.1 Å². The Labute approximate surface area is 241 Å². The number of halogens is 3. The number of aromatic nitrogens is 3. The van der Waals surface area contributed by atoms with Gasteiger partial charge in [0, 0.05) is 44.2 Å². The lowest BCUT2D eigenvalue weighted by molar-refractivity contribution is -0.138. The smallest absolute Gasteiger partial charge is 0.383 e. The van der Waals surface area contributed by atoms with E-state index in [2.05, 4.69) is 47.4 Å². The highest BCUT2D eigenvalue weighted by Crippen LogP contribution is 2.44. The maximum absolute atomic E-state index is 14.1. The van der Waals surface area contributed by atoms with Crippen LogP contribution in [0.15, 0.2) is 42.7 Å². The molecule has 6 nitrogen and oxygen atoms in total. The van der Waals surface area contributed by atoms with Crippen LogP contribution >= 0.6 is 0 Å². The van der Waals surface area contributed by atoms with Gasteiger partial charge in [-0.15, -0.1) is 0 Å². The molecule has 0 radical (unpaired) electrons. The van der Waals surface area contributed by atoms with Crippen LogP contribution < -0.4 is 5.32 Å². The minimum Gasteiger partial charge on any atom is -0.383 e. The standard InChI is InChI=1S/C32H42F3N5O/c1-22-7-6-12-39(19-22)21-24-15-28(32(33,34)35)29(37-17-24)18-36-27-11-5-10-26(16-27)30(25-8-4-9-25)31-23(2)20-40(38-31)13-14-41-3/h5,10-11,15-17,20,22,25,30,36H,4,6-9,12-14,18-19,21H2,1-3H3/t22-,30?/m0/s1. The van der Waals surface area contributed by atoms with Crippen molar-refractivity contribution in [3.8, 4) is 0 Å². The van der Waals surface area contributed by atoms with Crippen molar-refractivity contribution < 1.29 is 17.9 Å². The lowest BCUT2D eigenvalue weighted by Gasteiger charge is -2.34. The molecule has 1 saturated heterocycles. The Morgan fingerprint density at radius 1 is 1.15 bits per heavy atom. The van der Waals surface area contributed by atoms with Crippen molar-refractivity contribution in [1.29, 1.82) is 0 Å². The number of nitrogens with one attached hydrogen (secondary N) is 1. The summed E-state index contributed by atoms with van der Waals surface area (Å²) in [7, 11) is 1.69. The molecular weight excluding hydrogens is 527 g/mol. The van der Waals surface area contributed by atoms with Crippen molar-refractivity contribution in [2.24, 2.45) is 11.8 Å². The molecule has 1 saturated carbocycles. The molecule has 2 aromatic heterocycles. The Morgan fingerprint density at radius 3 is 2.68 bits per heavy atom. The number of hydrogen-bond acceptors (Lipinski definition) is 5. The number of alkyl halides is 3. The monoisotopic (exact) mass is 569 g/mol. The van der Waals surface area contributed by atoms with E-state index in [9.17, 15) is 13.2 Å². The topological polar surface area (TPSA) is 55.2 Å². The van der Waals surface area contributed by atoms with E-state index in [1.54, 1.807) is 13.3 Å². The van der Waals surface area contributed by atoms with Gasteiger partial charge in [-0.1, -0.05) is 25.5 Å². The van der Waals surface area contributed by atoms with Gasteiger partial charge < -0.3 is 10.1 Å². The van der Waals surface area contributed by atoms with Crippen molar-refractivity contribution in [3.05, 3.63) is 76.4 Å². The van der Waals surface area contributed by atoms with Gasteiger partial charge in [-0.05, 0) is 85.9 Å². The third-order valence-corrected chi connectivity index (χ3v) is 8.61. The second kappa shape index (κ2) is 12.9. The molecule has 2 aliphatic rings. The number of methoxy groups -OCH3 is 1. The van der Waals surface area contributed by atoms with Crippen LogP contribution in [-0.4, -0.2) is 46.5 Å². The number of aryl methyl sites for hydroxylation is 1. The Hall–Kier alpha value is -2.91. The summed E-state index contributed by atoms with van der Waals surface area (Å²) in [5.41, 5.74) is 4.10.